The maximum atomic E-state index is 12.1. The summed E-state index contributed by atoms with van der Waals surface area (Å²) in [4.78, 5) is 23.9. The van der Waals surface area contributed by atoms with Gasteiger partial charge in [-0.15, -0.1) is 0 Å². The number of carbonyl (C=O) groups excluding carboxylic acids is 2. The monoisotopic (exact) mass is 393 g/mol. The molecule has 1 heterocycles. The van der Waals surface area contributed by atoms with Crippen LogP contribution in [0.4, 0.5) is 10.5 Å². The Balaban J connectivity index is 1.85. The van der Waals surface area contributed by atoms with Crippen molar-refractivity contribution in [3.63, 3.8) is 0 Å². The van der Waals surface area contributed by atoms with Crippen molar-refractivity contribution in [2.75, 3.05) is 16.8 Å². The SMILES string of the molecule is C[C@H](NC(=O)NC1CCS(=O)(=O)C1)C(=O)Nc1cc(Cl)cc(Cl)c1. The summed E-state index contributed by atoms with van der Waals surface area (Å²) < 4.78 is 22.7. The number of benzene rings is 1. The van der Waals surface area contributed by atoms with Gasteiger partial charge in [-0.05, 0) is 31.5 Å². The van der Waals surface area contributed by atoms with Crippen molar-refractivity contribution >= 4 is 50.7 Å². The van der Waals surface area contributed by atoms with Crippen LogP contribution in [0, 0.1) is 0 Å². The second-order valence-corrected chi connectivity index (χ2v) is 8.69. The largest absolute Gasteiger partial charge is 0.334 e. The predicted octanol–water partition coefficient (Wildman–Crippen LogP) is 1.81. The maximum Gasteiger partial charge on any atom is 0.315 e. The van der Waals surface area contributed by atoms with E-state index in [2.05, 4.69) is 16.0 Å². The lowest BCUT2D eigenvalue weighted by Crippen LogP contribution is -2.49. The molecule has 10 heteroatoms. The molecule has 1 saturated heterocycles. The van der Waals surface area contributed by atoms with E-state index in [1.165, 1.54) is 25.1 Å². The molecule has 0 aromatic heterocycles. The minimum atomic E-state index is -3.08. The number of urea groups is 1. The summed E-state index contributed by atoms with van der Waals surface area (Å²) in [5, 5.41) is 8.35. The van der Waals surface area contributed by atoms with Gasteiger partial charge in [0.2, 0.25) is 5.91 Å². The smallest absolute Gasteiger partial charge is 0.315 e. The molecular weight excluding hydrogens is 377 g/mol. The fraction of sp³-hybridized carbons (Fsp3) is 0.429. The van der Waals surface area contributed by atoms with Crippen molar-refractivity contribution in [2.24, 2.45) is 0 Å². The van der Waals surface area contributed by atoms with Gasteiger partial charge in [0.1, 0.15) is 6.04 Å². The zero-order chi connectivity index (χ0) is 17.9. The summed E-state index contributed by atoms with van der Waals surface area (Å²) in [6.07, 6.45) is 0.372. The quantitative estimate of drug-likeness (QED) is 0.725. The number of halogens is 2. The summed E-state index contributed by atoms with van der Waals surface area (Å²) in [6, 6.07) is 2.73. The molecule has 2 atom stereocenters. The third kappa shape index (κ3) is 5.54. The minimum Gasteiger partial charge on any atom is -0.334 e. The van der Waals surface area contributed by atoms with Crippen LogP contribution in [-0.4, -0.2) is 43.9 Å². The van der Waals surface area contributed by atoms with E-state index in [9.17, 15) is 18.0 Å². The molecule has 0 saturated carbocycles. The predicted molar refractivity (Wildman–Crippen MR) is 93.3 cm³/mol. The Kier molecular flexibility index (Phi) is 5.95. The fourth-order valence-electron chi connectivity index (χ4n) is 2.27. The van der Waals surface area contributed by atoms with Gasteiger partial charge in [0.15, 0.2) is 9.84 Å². The molecule has 3 amide bonds. The Labute approximate surface area is 150 Å². The number of nitrogens with one attached hydrogen (secondary N) is 3. The van der Waals surface area contributed by atoms with Crippen molar-refractivity contribution in [1.82, 2.24) is 10.6 Å². The van der Waals surface area contributed by atoms with Crippen LogP contribution in [-0.2, 0) is 14.6 Å². The molecule has 1 aliphatic rings. The molecule has 1 aromatic carbocycles. The molecule has 2 rings (SSSR count). The second-order valence-electron chi connectivity index (χ2n) is 5.59. The third-order valence-electron chi connectivity index (χ3n) is 3.44. The number of carbonyl (C=O) groups is 2. The van der Waals surface area contributed by atoms with Gasteiger partial charge in [0.25, 0.3) is 0 Å². The number of amides is 3. The summed E-state index contributed by atoms with van der Waals surface area (Å²) in [5.74, 6) is -0.478. The second kappa shape index (κ2) is 7.58. The van der Waals surface area contributed by atoms with Gasteiger partial charge in [-0.1, -0.05) is 23.2 Å². The van der Waals surface area contributed by atoms with E-state index in [0.29, 0.717) is 22.2 Å². The summed E-state index contributed by atoms with van der Waals surface area (Å²) in [7, 11) is -3.08. The van der Waals surface area contributed by atoms with Crippen LogP contribution in [0.25, 0.3) is 0 Å². The summed E-state index contributed by atoms with van der Waals surface area (Å²) in [5.41, 5.74) is 0.411. The van der Waals surface area contributed by atoms with E-state index in [4.69, 9.17) is 23.2 Å². The molecule has 24 heavy (non-hydrogen) atoms. The third-order valence-corrected chi connectivity index (χ3v) is 5.64. The summed E-state index contributed by atoms with van der Waals surface area (Å²) in [6.45, 7) is 1.51. The highest BCUT2D eigenvalue weighted by atomic mass is 35.5. The molecule has 1 aromatic rings. The normalized spacial score (nSPS) is 20.2. The molecule has 1 aliphatic heterocycles. The first-order valence-corrected chi connectivity index (χ1v) is 9.77. The van der Waals surface area contributed by atoms with Crippen LogP contribution in [0.15, 0.2) is 18.2 Å². The van der Waals surface area contributed by atoms with Crippen molar-refractivity contribution in [3.8, 4) is 0 Å². The van der Waals surface area contributed by atoms with E-state index in [1.54, 1.807) is 0 Å². The first kappa shape index (κ1) is 18.8. The van der Waals surface area contributed by atoms with Crippen molar-refractivity contribution in [3.05, 3.63) is 28.2 Å². The van der Waals surface area contributed by atoms with Crippen molar-refractivity contribution in [2.45, 2.75) is 25.4 Å². The molecule has 0 bridgehead atoms. The van der Waals surface area contributed by atoms with Crippen LogP contribution in [0.1, 0.15) is 13.3 Å². The summed E-state index contributed by atoms with van der Waals surface area (Å²) >= 11 is 11.7. The van der Waals surface area contributed by atoms with Gasteiger partial charge in [0.05, 0.1) is 11.5 Å². The maximum absolute atomic E-state index is 12.1. The lowest BCUT2D eigenvalue weighted by Gasteiger charge is -2.17. The zero-order valence-corrected chi connectivity index (χ0v) is 15.1. The Morgan fingerprint density at radius 1 is 1.21 bits per heavy atom. The van der Waals surface area contributed by atoms with Crippen molar-refractivity contribution < 1.29 is 18.0 Å². The molecule has 0 radical (unpaired) electrons. The van der Waals surface area contributed by atoms with E-state index in [-0.39, 0.29) is 11.5 Å². The molecule has 1 fully saturated rings. The molecule has 132 valence electrons. The Bertz CT molecular complexity index is 734. The van der Waals surface area contributed by atoms with Crippen LogP contribution in [0.2, 0.25) is 10.0 Å². The van der Waals surface area contributed by atoms with Crippen LogP contribution in [0.3, 0.4) is 0 Å². The van der Waals surface area contributed by atoms with Gasteiger partial charge in [-0.2, -0.15) is 0 Å². The number of sulfone groups is 1. The molecule has 3 N–H and O–H groups in total. The average molecular weight is 394 g/mol. The first-order valence-electron chi connectivity index (χ1n) is 7.19. The molecule has 0 aliphatic carbocycles. The Hall–Kier alpha value is -1.51. The van der Waals surface area contributed by atoms with Gasteiger partial charge in [-0.25, -0.2) is 13.2 Å². The van der Waals surface area contributed by atoms with E-state index in [1.807, 2.05) is 0 Å². The van der Waals surface area contributed by atoms with Crippen LogP contribution >= 0.6 is 23.2 Å². The van der Waals surface area contributed by atoms with Gasteiger partial charge < -0.3 is 16.0 Å². The highest BCUT2D eigenvalue weighted by Crippen LogP contribution is 2.22. The van der Waals surface area contributed by atoms with E-state index >= 15 is 0 Å². The lowest BCUT2D eigenvalue weighted by molar-refractivity contribution is -0.117. The van der Waals surface area contributed by atoms with Gasteiger partial charge in [0, 0.05) is 21.8 Å². The minimum absolute atomic E-state index is 0.0590. The van der Waals surface area contributed by atoms with E-state index in [0.717, 1.165) is 0 Å². The van der Waals surface area contributed by atoms with Gasteiger partial charge in [-0.3, -0.25) is 4.79 Å². The standard InChI is InChI=1S/C14H17Cl2N3O4S/c1-8(13(20)18-12-5-9(15)4-10(16)6-12)17-14(21)19-11-2-3-24(22,23)7-11/h4-6,8,11H,2-3,7H2,1H3,(H,18,20)(H2,17,19,21)/t8-,11?/m0/s1. The zero-order valence-electron chi connectivity index (χ0n) is 12.8. The Morgan fingerprint density at radius 2 is 1.83 bits per heavy atom. The number of rotatable bonds is 4. The lowest BCUT2D eigenvalue weighted by atomic mass is 10.2. The Morgan fingerprint density at radius 3 is 2.38 bits per heavy atom. The highest BCUT2D eigenvalue weighted by molar-refractivity contribution is 7.91. The van der Waals surface area contributed by atoms with E-state index < -0.39 is 33.9 Å². The first-order chi connectivity index (χ1) is 11.1. The molecule has 7 nitrogen and oxygen atoms in total. The molecular formula is C14H17Cl2N3O4S. The van der Waals surface area contributed by atoms with Crippen LogP contribution in [0.5, 0.6) is 0 Å². The molecule has 1 unspecified atom stereocenters. The topological polar surface area (TPSA) is 104 Å². The number of hydrogen-bond acceptors (Lipinski definition) is 4. The fourth-order valence-corrected chi connectivity index (χ4v) is 4.47. The molecule has 0 spiro atoms. The van der Waals surface area contributed by atoms with Crippen LogP contribution < -0.4 is 16.0 Å². The number of hydrogen-bond donors (Lipinski definition) is 3. The number of anilines is 1. The average Bonchev–Trinajstić information content (AvgIpc) is 2.76. The van der Waals surface area contributed by atoms with Gasteiger partial charge >= 0.3 is 6.03 Å². The van der Waals surface area contributed by atoms with Crippen molar-refractivity contribution in [1.29, 1.82) is 0 Å². The highest BCUT2D eigenvalue weighted by Gasteiger charge is 2.29.